The van der Waals surface area contributed by atoms with Crippen molar-refractivity contribution >= 4 is 51.4 Å². The Bertz CT molecular complexity index is 978. The average molecular weight is 415 g/mol. The number of hydrogen-bond donors (Lipinski definition) is 1. The summed E-state index contributed by atoms with van der Waals surface area (Å²) < 4.78 is 5.91. The normalized spacial score (nSPS) is 10.8. The van der Waals surface area contributed by atoms with Gasteiger partial charge in [0.15, 0.2) is 5.78 Å². The van der Waals surface area contributed by atoms with E-state index in [1.165, 1.54) is 0 Å². The van der Waals surface area contributed by atoms with Crippen molar-refractivity contribution in [2.75, 3.05) is 23.9 Å². The molecule has 0 amide bonds. The number of nitrogens with zero attached hydrogens (tertiary/aromatic N) is 1. The summed E-state index contributed by atoms with van der Waals surface area (Å²) in [5.41, 5.74) is 2.75. The first-order chi connectivity index (χ1) is 13.7. The van der Waals surface area contributed by atoms with Crippen LogP contribution in [0.25, 0.3) is 10.9 Å². The second kappa shape index (κ2) is 9.80. The van der Waals surface area contributed by atoms with E-state index in [1.807, 2.05) is 55.6 Å². The van der Waals surface area contributed by atoms with Crippen molar-refractivity contribution in [1.29, 1.82) is 0 Å². The quantitative estimate of drug-likeness (QED) is 0.326. The van der Waals surface area contributed by atoms with Gasteiger partial charge in [-0.2, -0.15) is 11.8 Å². The lowest BCUT2D eigenvalue weighted by molar-refractivity contribution is 0.0982. The van der Waals surface area contributed by atoms with Gasteiger partial charge < -0.3 is 10.1 Å². The fourth-order valence-electron chi connectivity index (χ4n) is 2.95. The number of thioether (sulfide) groups is 1. The highest BCUT2D eigenvalue weighted by molar-refractivity contribution is 7.98. The van der Waals surface area contributed by atoms with Gasteiger partial charge in [0, 0.05) is 23.8 Å². The van der Waals surface area contributed by atoms with Crippen molar-refractivity contribution in [3.63, 3.8) is 0 Å². The number of benzene rings is 2. The predicted octanol–water partition coefficient (Wildman–Crippen LogP) is 6.36. The molecule has 0 aliphatic heterocycles. The number of hydrogen-bond acceptors (Lipinski definition) is 5. The molecular formula is C22H23ClN2O2S. The van der Waals surface area contributed by atoms with Crippen LogP contribution in [0, 0.1) is 0 Å². The van der Waals surface area contributed by atoms with Crippen LogP contribution in [0.4, 0.5) is 11.4 Å². The first kappa shape index (κ1) is 20.5. The molecule has 1 heterocycles. The third kappa shape index (κ3) is 4.59. The molecule has 0 bridgehead atoms. The van der Waals surface area contributed by atoms with Crippen LogP contribution >= 0.6 is 23.4 Å². The third-order valence-corrected chi connectivity index (χ3v) is 5.22. The summed E-state index contributed by atoms with van der Waals surface area (Å²) in [5, 5.41) is 4.79. The number of para-hydroxylation sites is 2. The number of Topliss-reactive ketones (excluding diaryl/α,β-unsaturated/α-hetero) is 1. The Morgan fingerprint density at radius 2 is 2.04 bits per heavy atom. The van der Waals surface area contributed by atoms with Gasteiger partial charge in [-0.15, -0.1) is 0 Å². The number of anilines is 2. The SMILES string of the molecule is CCCC(=O)c1cnc2c(OCCSC)cccc2c1Nc1ccccc1Cl. The fourth-order valence-corrected chi connectivity index (χ4v) is 3.39. The summed E-state index contributed by atoms with van der Waals surface area (Å²) in [6, 6.07) is 13.3. The lowest BCUT2D eigenvalue weighted by Gasteiger charge is -2.16. The minimum absolute atomic E-state index is 0.0557. The maximum Gasteiger partial charge on any atom is 0.166 e. The maximum atomic E-state index is 12.7. The van der Waals surface area contributed by atoms with E-state index in [-0.39, 0.29) is 5.78 Å². The van der Waals surface area contributed by atoms with E-state index in [1.54, 1.807) is 18.0 Å². The van der Waals surface area contributed by atoms with Crippen molar-refractivity contribution in [3.05, 3.63) is 59.2 Å². The Hall–Kier alpha value is -2.24. The molecule has 0 aliphatic carbocycles. The highest BCUT2D eigenvalue weighted by Crippen LogP contribution is 2.35. The second-order valence-electron chi connectivity index (χ2n) is 6.32. The zero-order chi connectivity index (χ0) is 19.9. The van der Waals surface area contributed by atoms with Gasteiger partial charge in [-0.1, -0.05) is 42.8 Å². The molecule has 0 fully saturated rings. The van der Waals surface area contributed by atoms with Crippen LogP contribution in [-0.4, -0.2) is 29.4 Å². The molecule has 28 heavy (non-hydrogen) atoms. The first-order valence-electron chi connectivity index (χ1n) is 9.24. The smallest absolute Gasteiger partial charge is 0.166 e. The van der Waals surface area contributed by atoms with Gasteiger partial charge in [0.05, 0.1) is 28.6 Å². The molecule has 0 radical (unpaired) electrons. The van der Waals surface area contributed by atoms with Gasteiger partial charge in [-0.25, -0.2) is 0 Å². The van der Waals surface area contributed by atoms with E-state index in [9.17, 15) is 4.79 Å². The Labute approximate surface area is 174 Å². The Kier molecular flexibility index (Phi) is 7.18. The molecule has 4 nitrogen and oxygen atoms in total. The molecule has 0 atom stereocenters. The number of nitrogens with one attached hydrogen (secondary N) is 1. The molecule has 1 N–H and O–H groups in total. The van der Waals surface area contributed by atoms with Crippen LogP contribution in [0.15, 0.2) is 48.7 Å². The van der Waals surface area contributed by atoms with Crippen molar-refractivity contribution < 1.29 is 9.53 Å². The van der Waals surface area contributed by atoms with Crippen LogP contribution in [0.2, 0.25) is 5.02 Å². The molecule has 0 aliphatic rings. The van der Waals surface area contributed by atoms with Crippen LogP contribution in [0.3, 0.4) is 0 Å². The van der Waals surface area contributed by atoms with E-state index in [2.05, 4.69) is 10.3 Å². The monoisotopic (exact) mass is 414 g/mol. The molecule has 146 valence electrons. The fraction of sp³-hybridized carbons (Fsp3) is 0.273. The summed E-state index contributed by atoms with van der Waals surface area (Å²) in [6.07, 6.45) is 4.93. The van der Waals surface area contributed by atoms with Gasteiger partial charge in [-0.05, 0) is 30.9 Å². The number of carbonyl (C=O) groups is 1. The number of pyridine rings is 1. The highest BCUT2D eigenvalue weighted by Gasteiger charge is 2.18. The molecule has 0 unspecified atom stereocenters. The number of aromatic nitrogens is 1. The predicted molar refractivity (Wildman–Crippen MR) is 120 cm³/mol. The summed E-state index contributed by atoms with van der Waals surface area (Å²) >= 11 is 8.07. The Morgan fingerprint density at radius 3 is 2.79 bits per heavy atom. The number of fused-ring (bicyclic) bond motifs is 1. The van der Waals surface area contributed by atoms with Crippen LogP contribution in [0.1, 0.15) is 30.1 Å². The molecule has 2 aromatic carbocycles. The standard InChI is InChI=1S/C22H23ClN2O2S/c1-3-7-19(26)16-14-24-22-15(8-6-11-20(22)27-12-13-28-2)21(16)25-18-10-5-4-9-17(18)23/h4-6,8-11,14H,3,7,12-13H2,1-2H3,(H,24,25). The number of halogens is 1. The van der Waals surface area contributed by atoms with E-state index < -0.39 is 0 Å². The Balaban J connectivity index is 2.12. The molecule has 0 saturated heterocycles. The molecule has 1 aromatic heterocycles. The van der Waals surface area contributed by atoms with Gasteiger partial charge in [-0.3, -0.25) is 9.78 Å². The lowest BCUT2D eigenvalue weighted by Crippen LogP contribution is -2.07. The number of ether oxygens (including phenoxy) is 1. The lowest BCUT2D eigenvalue weighted by atomic mass is 10.0. The van der Waals surface area contributed by atoms with Gasteiger partial charge in [0.2, 0.25) is 0 Å². The number of carbonyl (C=O) groups excluding carboxylic acids is 1. The van der Waals surface area contributed by atoms with Crippen molar-refractivity contribution in [1.82, 2.24) is 4.98 Å². The highest BCUT2D eigenvalue weighted by atomic mass is 35.5. The largest absolute Gasteiger partial charge is 0.490 e. The maximum absolute atomic E-state index is 12.7. The summed E-state index contributed by atoms with van der Waals surface area (Å²) in [5.74, 6) is 1.66. The molecule has 3 aromatic rings. The molecule has 0 spiro atoms. The van der Waals surface area contributed by atoms with Gasteiger partial charge in [0.1, 0.15) is 11.3 Å². The minimum atomic E-state index is 0.0557. The van der Waals surface area contributed by atoms with Crippen LogP contribution < -0.4 is 10.1 Å². The summed E-state index contributed by atoms with van der Waals surface area (Å²) in [6.45, 7) is 2.59. The third-order valence-electron chi connectivity index (χ3n) is 4.32. The van der Waals surface area contributed by atoms with Crippen molar-refractivity contribution in [3.8, 4) is 5.75 Å². The van der Waals surface area contributed by atoms with E-state index in [0.29, 0.717) is 35.1 Å². The summed E-state index contributed by atoms with van der Waals surface area (Å²) in [7, 11) is 0. The number of rotatable bonds is 9. The van der Waals surface area contributed by atoms with Crippen LogP contribution in [0.5, 0.6) is 5.75 Å². The topological polar surface area (TPSA) is 51.2 Å². The van der Waals surface area contributed by atoms with Crippen molar-refractivity contribution in [2.45, 2.75) is 19.8 Å². The average Bonchev–Trinajstić information content (AvgIpc) is 2.70. The number of ketones is 1. The zero-order valence-electron chi connectivity index (χ0n) is 16.0. The van der Waals surface area contributed by atoms with E-state index >= 15 is 0 Å². The van der Waals surface area contributed by atoms with Crippen molar-refractivity contribution in [2.24, 2.45) is 0 Å². The first-order valence-corrected chi connectivity index (χ1v) is 11.0. The van der Waals surface area contributed by atoms with Gasteiger partial charge >= 0.3 is 0 Å². The minimum Gasteiger partial charge on any atom is -0.490 e. The molecule has 0 saturated carbocycles. The van der Waals surface area contributed by atoms with E-state index in [0.717, 1.165) is 28.8 Å². The van der Waals surface area contributed by atoms with E-state index in [4.69, 9.17) is 16.3 Å². The molecular weight excluding hydrogens is 392 g/mol. The van der Waals surface area contributed by atoms with Gasteiger partial charge in [0.25, 0.3) is 0 Å². The van der Waals surface area contributed by atoms with Crippen LogP contribution in [-0.2, 0) is 0 Å². The zero-order valence-corrected chi connectivity index (χ0v) is 17.6. The second-order valence-corrected chi connectivity index (χ2v) is 7.71. The molecule has 3 rings (SSSR count). The summed E-state index contributed by atoms with van der Waals surface area (Å²) in [4.78, 5) is 17.3. The molecule has 6 heteroatoms. The Morgan fingerprint density at radius 1 is 1.21 bits per heavy atom.